The third-order valence-corrected chi connectivity index (χ3v) is 3.65. The zero-order valence-corrected chi connectivity index (χ0v) is 14.0. The Morgan fingerprint density at radius 3 is 2.05 bits per heavy atom. The molecule has 0 bridgehead atoms. The maximum atomic E-state index is 8.97. The molecular weight excluding hydrogens is 306 g/mol. The molecule has 3 N–H and O–H groups in total. The maximum absolute atomic E-state index is 8.97. The quantitative estimate of drug-likeness (QED) is 0.827. The molecule has 1 aromatic rings. The molecule has 22 heavy (non-hydrogen) atoms. The van der Waals surface area contributed by atoms with Crippen LogP contribution in [0.15, 0.2) is 30.3 Å². The molecule has 0 radical (unpaired) electrons. The number of nitrogens with two attached hydrogens (primary N) is 1. The highest BCUT2D eigenvalue weighted by molar-refractivity contribution is 7.83. The topological polar surface area (TPSA) is 98.9 Å². The molecule has 0 spiro atoms. The Kier molecular flexibility index (Phi) is 6.96. The molecule has 1 aliphatic rings. The second kappa shape index (κ2) is 8.03. The normalized spacial score (nSPS) is 23.7. The van der Waals surface area contributed by atoms with E-state index < -0.39 is 10.3 Å². The van der Waals surface area contributed by atoms with Gasteiger partial charge in [-0.2, -0.15) is 8.42 Å². The number of ether oxygens (including phenoxy) is 2. The van der Waals surface area contributed by atoms with Gasteiger partial charge < -0.3 is 9.47 Å². The van der Waals surface area contributed by atoms with Gasteiger partial charge in [-0.25, -0.2) is 5.14 Å². The summed E-state index contributed by atoms with van der Waals surface area (Å²) in [6.45, 7) is 6.42. The van der Waals surface area contributed by atoms with E-state index in [0.29, 0.717) is 0 Å². The van der Waals surface area contributed by atoms with Crippen molar-refractivity contribution >= 4 is 10.3 Å². The Labute approximate surface area is 132 Å². The SMILES string of the molecule is CC[C@@H]1OC(CC)(CC)O[C@H]1c1ccccc1.NS(=O)(=O)O. The van der Waals surface area contributed by atoms with Crippen LogP contribution in [0.5, 0.6) is 0 Å². The highest BCUT2D eigenvalue weighted by atomic mass is 32.2. The molecule has 7 heteroatoms. The predicted octanol–water partition coefficient (Wildman–Crippen LogP) is 2.82. The van der Waals surface area contributed by atoms with Gasteiger partial charge in [0.1, 0.15) is 6.10 Å². The van der Waals surface area contributed by atoms with Gasteiger partial charge in [0.25, 0.3) is 0 Å². The zero-order chi connectivity index (χ0) is 16.8. The lowest BCUT2D eigenvalue weighted by atomic mass is 10.0. The van der Waals surface area contributed by atoms with Crippen LogP contribution in [-0.4, -0.2) is 24.9 Å². The standard InChI is InChI=1S/C15H22O2.H3NO3S/c1-4-13-14(12-10-8-7-9-11-12)17-15(5-2,6-3)16-13;1-5(2,3)4/h7-11,13-14H,4-6H2,1-3H3;(H3,1,2,3,4)/t13-,14-;/m0./s1. The number of hydrogen-bond acceptors (Lipinski definition) is 4. The molecule has 0 amide bonds. The zero-order valence-electron chi connectivity index (χ0n) is 13.2. The van der Waals surface area contributed by atoms with Crippen LogP contribution in [0.2, 0.25) is 0 Å². The van der Waals surface area contributed by atoms with E-state index >= 15 is 0 Å². The smallest absolute Gasteiger partial charge is 0.330 e. The van der Waals surface area contributed by atoms with Gasteiger partial charge in [0.2, 0.25) is 0 Å². The lowest BCUT2D eigenvalue weighted by Gasteiger charge is -2.25. The van der Waals surface area contributed by atoms with Crippen LogP contribution in [0.4, 0.5) is 0 Å². The van der Waals surface area contributed by atoms with Crippen LogP contribution < -0.4 is 5.14 Å². The van der Waals surface area contributed by atoms with Crippen molar-refractivity contribution in [2.45, 2.75) is 58.0 Å². The molecule has 1 fully saturated rings. The van der Waals surface area contributed by atoms with Gasteiger partial charge in [0.15, 0.2) is 5.79 Å². The summed E-state index contributed by atoms with van der Waals surface area (Å²) < 4.78 is 37.6. The van der Waals surface area contributed by atoms with Crippen molar-refractivity contribution in [1.82, 2.24) is 0 Å². The summed E-state index contributed by atoms with van der Waals surface area (Å²) in [6, 6.07) is 10.4. The summed E-state index contributed by atoms with van der Waals surface area (Å²) in [5.41, 5.74) is 1.23. The third kappa shape index (κ3) is 5.66. The fourth-order valence-electron chi connectivity index (χ4n) is 2.48. The summed E-state index contributed by atoms with van der Waals surface area (Å²) >= 11 is 0. The Hall–Kier alpha value is -0.990. The molecule has 0 saturated carbocycles. The predicted molar refractivity (Wildman–Crippen MR) is 84.5 cm³/mol. The molecule has 1 saturated heterocycles. The Morgan fingerprint density at radius 2 is 1.64 bits per heavy atom. The van der Waals surface area contributed by atoms with Gasteiger partial charge in [0, 0.05) is 0 Å². The molecule has 0 aromatic heterocycles. The summed E-state index contributed by atoms with van der Waals surface area (Å²) in [4.78, 5) is 0. The van der Waals surface area contributed by atoms with Crippen LogP contribution in [0, 0.1) is 0 Å². The van der Waals surface area contributed by atoms with Gasteiger partial charge in [-0.15, -0.1) is 0 Å². The molecule has 1 aliphatic heterocycles. The number of rotatable bonds is 4. The third-order valence-electron chi connectivity index (χ3n) is 3.65. The maximum Gasteiger partial charge on any atom is 0.330 e. The van der Waals surface area contributed by atoms with E-state index in [2.05, 4.69) is 50.2 Å². The van der Waals surface area contributed by atoms with Crippen LogP contribution in [0.3, 0.4) is 0 Å². The van der Waals surface area contributed by atoms with E-state index in [1.54, 1.807) is 0 Å². The fraction of sp³-hybridized carbons (Fsp3) is 0.600. The fourth-order valence-corrected chi connectivity index (χ4v) is 2.48. The molecule has 2 rings (SSSR count). The molecule has 2 atom stereocenters. The Bertz CT molecular complexity index is 534. The minimum absolute atomic E-state index is 0.0844. The molecule has 1 heterocycles. The van der Waals surface area contributed by atoms with Crippen LogP contribution in [0.1, 0.15) is 51.7 Å². The van der Waals surface area contributed by atoms with E-state index in [1.807, 2.05) is 6.07 Å². The molecule has 1 aromatic carbocycles. The second-order valence-corrected chi connectivity index (χ2v) is 6.18. The summed E-state index contributed by atoms with van der Waals surface area (Å²) in [7, 11) is -4.17. The van der Waals surface area contributed by atoms with Crippen LogP contribution >= 0.6 is 0 Å². The van der Waals surface area contributed by atoms with E-state index in [1.165, 1.54) is 5.56 Å². The summed E-state index contributed by atoms with van der Waals surface area (Å²) in [5.74, 6) is -0.374. The van der Waals surface area contributed by atoms with E-state index in [0.717, 1.165) is 19.3 Å². The van der Waals surface area contributed by atoms with E-state index in [4.69, 9.17) is 22.4 Å². The minimum Gasteiger partial charge on any atom is -0.344 e. The summed E-state index contributed by atoms with van der Waals surface area (Å²) in [5, 5.41) is 3.88. The van der Waals surface area contributed by atoms with Gasteiger partial charge >= 0.3 is 10.3 Å². The van der Waals surface area contributed by atoms with Gasteiger partial charge in [-0.05, 0) is 24.8 Å². The largest absolute Gasteiger partial charge is 0.344 e. The molecule has 0 unspecified atom stereocenters. The minimum atomic E-state index is -4.17. The van der Waals surface area contributed by atoms with Crippen LogP contribution in [-0.2, 0) is 19.8 Å². The average molecular weight is 331 g/mol. The monoisotopic (exact) mass is 331 g/mol. The van der Waals surface area contributed by atoms with Crippen molar-refractivity contribution in [1.29, 1.82) is 0 Å². The molecule has 6 nitrogen and oxygen atoms in total. The first-order valence-electron chi connectivity index (χ1n) is 7.40. The molecular formula is C15H25NO5S. The molecule has 0 aliphatic carbocycles. The number of benzene rings is 1. The summed E-state index contributed by atoms with van der Waals surface area (Å²) in [6.07, 6.45) is 3.06. The average Bonchev–Trinajstić information content (AvgIpc) is 2.86. The first-order chi connectivity index (χ1) is 10.2. The Balaban J connectivity index is 0.000000422. The van der Waals surface area contributed by atoms with Crippen molar-refractivity contribution in [2.24, 2.45) is 5.14 Å². The van der Waals surface area contributed by atoms with Crippen molar-refractivity contribution < 1.29 is 22.4 Å². The van der Waals surface area contributed by atoms with Gasteiger partial charge in [-0.3, -0.25) is 4.55 Å². The van der Waals surface area contributed by atoms with Gasteiger partial charge in [-0.1, -0.05) is 51.1 Å². The van der Waals surface area contributed by atoms with Gasteiger partial charge in [0.05, 0.1) is 6.10 Å². The highest BCUT2D eigenvalue weighted by Gasteiger charge is 2.44. The van der Waals surface area contributed by atoms with Crippen molar-refractivity contribution in [3.05, 3.63) is 35.9 Å². The lowest BCUT2D eigenvalue weighted by molar-refractivity contribution is -0.179. The van der Waals surface area contributed by atoms with E-state index in [-0.39, 0.29) is 18.0 Å². The van der Waals surface area contributed by atoms with Crippen LogP contribution in [0.25, 0.3) is 0 Å². The lowest BCUT2D eigenvalue weighted by Crippen LogP contribution is -2.28. The van der Waals surface area contributed by atoms with Crippen molar-refractivity contribution in [2.75, 3.05) is 0 Å². The van der Waals surface area contributed by atoms with Crippen molar-refractivity contribution in [3.8, 4) is 0 Å². The Morgan fingerprint density at radius 1 is 1.14 bits per heavy atom. The van der Waals surface area contributed by atoms with E-state index in [9.17, 15) is 0 Å². The first-order valence-corrected chi connectivity index (χ1v) is 8.90. The van der Waals surface area contributed by atoms with Crippen molar-refractivity contribution in [3.63, 3.8) is 0 Å². The molecule has 126 valence electrons. The first kappa shape index (κ1) is 19.1. The number of hydrogen-bond donors (Lipinski definition) is 2. The second-order valence-electron chi connectivity index (χ2n) is 5.15. The highest BCUT2D eigenvalue weighted by Crippen LogP contribution is 2.43.